The van der Waals surface area contributed by atoms with Crippen LogP contribution in [0.3, 0.4) is 0 Å². The van der Waals surface area contributed by atoms with Gasteiger partial charge in [-0.2, -0.15) is 0 Å². The van der Waals surface area contributed by atoms with Crippen LogP contribution >= 0.6 is 11.3 Å². The molecule has 2 atom stereocenters. The van der Waals surface area contributed by atoms with Crippen molar-refractivity contribution in [2.45, 2.75) is 52.1 Å². The number of rotatable bonds is 6. The largest absolute Gasteiger partial charge is 0.342 e. The summed E-state index contributed by atoms with van der Waals surface area (Å²) in [4.78, 5) is 34.2. The molecular weight excluding hydrogens is 418 g/mol. The third-order valence-electron chi connectivity index (χ3n) is 7.14. The van der Waals surface area contributed by atoms with E-state index in [-0.39, 0.29) is 30.2 Å². The monoisotopic (exact) mass is 453 g/mol. The molecule has 2 amide bonds. The van der Waals surface area contributed by atoms with E-state index in [9.17, 15) is 9.59 Å². The van der Waals surface area contributed by atoms with E-state index in [1.54, 1.807) is 11.3 Å². The van der Waals surface area contributed by atoms with E-state index < -0.39 is 0 Å². The first-order chi connectivity index (χ1) is 15.3. The number of piperidine rings is 1. The van der Waals surface area contributed by atoms with E-state index in [1.807, 2.05) is 52.4 Å². The summed E-state index contributed by atoms with van der Waals surface area (Å²) in [6.07, 6.45) is 2.36. The van der Waals surface area contributed by atoms with E-state index in [2.05, 4.69) is 31.9 Å². The molecule has 1 aromatic heterocycles. The zero-order valence-corrected chi connectivity index (χ0v) is 20.5. The smallest absolute Gasteiger partial charge is 0.228 e. The van der Waals surface area contributed by atoms with Crippen LogP contribution in [0.4, 0.5) is 5.69 Å². The molecule has 0 radical (unpaired) electrons. The lowest BCUT2D eigenvalue weighted by atomic mass is 9.92. The molecule has 0 aliphatic carbocycles. The zero-order valence-electron chi connectivity index (χ0n) is 19.7. The van der Waals surface area contributed by atoms with Gasteiger partial charge in [0, 0.05) is 42.7 Å². The quantitative estimate of drug-likeness (QED) is 0.635. The maximum absolute atomic E-state index is 13.7. The number of nitrogens with zero attached hydrogens (tertiary/aromatic N) is 3. The zero-order chi connectivity index (χ0) is 22.8. The molecule has 2 saturated heterocycles. The van der Waals surface area contributed by atoms with Gasteiger partial charge in [-0.3, -0.25) is 9.59 Å². The van der Waals surface area contributed by atoms with Gasteiger partial charge >= 0.3 is 0 Å². The third-order valence-corrected chi connectivity index (χ3v) is 8.08. The van der Waals surface area contributed by atoms with Gasteiger partial charge in [-0.05, 0) is 70.2 Å². The average molecular weight is 454 g/mol. The summed E-state index contributed by atoms with van der Waals surface area (Å²) in [5.74, 6) is 0.493. The Bertz CT molecular complexity index is 917. The van der Waals surface area contributed by atoms with Crippen molar-refractivity contribution in [2.75, 3.05) is 31.6 Å². The Morgan fingerprint density at radius 1 is 1.16 bits per heavy atom. The molecule has 0 saturated carbocycles. The van der Waals surface area contributed by atoms with Crippen LogP contribution in [0, 0.1) is 18.8 Å². The summed E-state index contributed by atoms with van der Waals surface area (Å²) >= 11 is 1.63. The van der Waals surface area contributed by atoms with Crippen LogP contribution in [0.1, 0.15) is 49.6 Å². The molecule has 2 aliphatic heterocycles. The first kappa shape index (κ1) is 23.0. The van der Waals surface area contributed by atoms with E-state index in [1.165, 1.54) is 0 Å². The summed E-state index contributed by atoms with van der Waals surface area (Å²) < 4.78 is 0. The number of hydrogen-bond acceptors (Lipinski definition) is 4. The van der Waals surface area contributed by atoms with E-state index in [0.29, 0.717) is 12.0 Å². The highest BCUT2D eigenvalue weighted by molar-refractivity contribution is 7.10. The minimum Gasteiger partial charge on any atom is -0.342 e. The Kier molecular flexibility index (Phi) is 7.01. The van der Waals surface area contributed by atoms with Crippen molar-refractivity contribution in [2.24, 2.45) is 11.8 Å². The lowest BCUT2D eigenvalue weighted by molar-refractivity contribution is -0.138. The van der Waals surface area contributed by atoms with Gasteiger partial charge in [0.25, 0.3) is 0 Å². The lowest BCUT2D eigenvalue weighted by Crippen LogP contribution is -2.45. The van der Waals surface area contributed by atoms with E-state index in [4.69, 9.17) is 0 Å². The number of thiophene rings is 1. The van der Waals surface area contributed by atoms with Crippen molar-refractivity contribution in [3.05, 3.63) is 52.2 Å². The highest BCUT2D eigenvalue weighted by Gasteiger charge is 2.47. The van der Waals surface area contributed by atoms with Gasteiger partial charge in [0.2, 0.25) is 11.8 Å². The van der Waals surface area contributed by atoms with Crippen LogP contribution in [-0.2, 0) is 9.59 Å². The molecule has 6 heteroatoms. The summed E-state index contributed by atoms with van der Waals surface area (Å²) in [5, 5.41) is 2.03. The topological polar surface area (TPSA) is 43.9 Å². The molecule has 32 heavy (non-hydrogen) atoms. The third kappa shape index (κ3) is 4.76. The van der Waals surface area contributed by atoms with Gasteiger partial charge in [-0.1, -0.05) is 23.8 Å². The number of amides is 2. The van der Waals surface area contributed by atoms with Crippen molar-refractivity contribution >= 4 is 28.8 Å². The van der Waals surface area contributed by atoms with Gasteiger partial charge in [-0.15, -0.1) is 11.3 Å². The van der Waals surface area contributed by atoms with Crippen molar-refractivity contribution < 1.29 is 9.59 Å². The molecule has 2 aromatic rings. The van der Waals surface area contributed by atoms with Crippen molar-refractivity contribution in [3.63, 3.8) is 0 Å². The van der Waals surface area contributed by atoms with Crippen molar-refractivity contribution in [1.29, 1.82) is 0 Å². The molecule has 172 valence electrons. The van der Waals surface area contributed by atoms with Crippen molar-refractivity contribution in [3.8, 4) is 0 Å². The predicted molar refractivity (Wildman–Crippen MR) is 131 cm³/mol. The SMILES string of the molecule is Cc1ccc(N2C(=O)C[C@@H](C(=O)N3CCC(CN(C)C(C)C)CC3)[C@@H]2c2cccs2)cc1. The number of aryl methyl sites for hydroxylation is 1. The average Bonchev–Trinajstić information content (AvgIpc) is 3.42. The summed E-state index contributed by atoms with van der Waals surface area (Å²) in [6.45, 7) is 9.16. The highest BCUT2D eigenvalue weighted by Crippen LogP contribution is 2.44. The predicted octanol–water partition coefficient (Wildman–Crippen LogP) is 4.73. The molecule has 5 nitrogen and oxygen atoms in total. The fraction of sp³-hybridized carbons (Fsp3) is 0.538. The van der Waals surface area contributed by atoms with Crippen LogP contribution < -0.4 is 4.90 Å². The maximum Gasteiger partial charge on any atom is 0.228 e. The fourth-order valence-electron chi connectivity index (χ4n) is 4.94. The van der Waals surface area contributed by atoms with Crippen LogP contribution in [0.5, 0.6) is 0 Å². The van der Waals surface area contributed by atoms with Crippen molar-refractivity contribution in [1.82, 2.24) is 9.80 Å². The fourth-order valence-corrected chi connectivity index (χ4v) is 5.82. The van der Waals surface area contributed by atoms with Crippen LogP contribution in [0.25, 0.3) is 0 Å². The van der Waals surface area contributed by atoms with Gasteiger partial charge in [-0.25, -0.2) is 0 Å². The molecule has 0 spiro atoms. The minimum absolute atomic E-state index is 0.0408. The number of carbonyl (C=O) groups is 2. The molecule has 2 fully saturated rings. The van der Waals surface area contributed by atoms with Gasteiger partial charge in [0.05, 0.1) is 12.0 Å². The summed E-state index contributed by atoms with van der Waals surface area (Å²) in [6, 6.07) is 12.4. The molecule has 0 bridgehead atoms. The first-order valence-electron chi connectivity index (χ1n) is 11.8. The maximum atomic E-state index is 13.7. The van der Waals surface area contributed by atoms with E-state index in [0.717, 1.165) is 48.6 Å². The number of hydrogen-bond donors (Lipinski definition) is 0. The van der Waals surface area contributed by atoms with Gasteiger partial charge in [0.15, 0.2) is 0 Å². The Hall–Kier alpha value is -2.18. The molecule has 0 N–H and O–H groups in total. The number of likely N-dealkylation sites (tertiary alicyclic amines) is 1. The Labute approximate surface area is 196 Å². The van der Waals surface area contributed by atoms with Crippen LogP contribution in [0.2, 0.25) is 0 Å². The highest BCUT2D eigenvalue weighted by atomic mass is 32.1. The Morgan fingerprint density at radius 2 is 1.84 bits per heavy atom. The summed E-state index contributed by atoms with van der Waals surface area (Å²) in [5.41, 5.74) is 2.04. The molecule has 0 unspecified atom stereocenters. The molecule has 1 aromatic carbocycles. The summed E-state index contributed by atoms with van der Waals surface area (Å²) in [7, 11) is 2.18. The molecule has 4 rings (SSSR count). The van der Waals surface area contributed by atoms with Gasteiger partial charge < -0.3 is 14.7 Å². The second-order valence-corrected chi connectivity index (χ2v) is 10.7. The number of anilines is 1. The van der Waals surface area contributed by atoms with Crippen LogP contribution in [-0.4, -0.2) is 54.3 Å². The second-order valence-electron chi connectivity index (χ2n) is 9.67. The molecule has 3 heterocycles. The molecule has 2 aliphatic rings. The van der Waals surface area contributed by atoms with E-state index >= 15 is 0 Å². The number of carbonyl (C=O) groups excluding carboxylic acids is 2. The number of benzene rings is 1. The Morgan fingerprint density at radius 3 is 2.44 bits per heavy atom. The Balaban J connectivity index is 1.50. The molecular formula is C26H35N3O2S. The van der Waals surface area contributed by atoms with Crippen LogP contribution in [0.15, 0.2) is 41.8 Å². The standard InChI is InChI=1S/C26H35N3O2S/c1-18(2)27(4)17-20-11-13-28(14-12-20)26(31)22-16-24(30)29(21-9-7-19(3)8-10-21)25(22)23-6-5-15-32-23/h5-10,15,18,20,22,25H,11-14,16-17H2,1-4H3/t22-,25-/m1/s1. The first-order valence-corrected chi connectivity index (χ1v) is 12.6. The van der Waals surface area contributed by atoms with Gasteiger partial charge in [0.1, 0.15) is 0 Å². The lowest BCUT2D eigenvalue weighted by Gasteiger charge is -2.37. The second kappa shape index (κ2) is 9.75. The normalized spacial score (nSPS) is 22.4. The minimum atomic E-state index is -0.322.